The van der Waals surface area contributed by atoms with Crippen LogP contribution in [0.4, 0.5) is 0 Å². The van der Waals surface area contributed by atoms with Crippen LogP contribution >= 0.6 is 11.8 Å². The van der Waals surface area contributed by atoms with Gasteiger partial charge >= 0.3 is 0 Å². The number of hydrogen-bond donors (Lipinski definition) is 0. The molecule has 33 heavy (non-hydrogen) atoms. The van der Waals surface area contributed by atoms with Crippen LogP contribution in [0.3, 0.4) is 0 Å². The highest BCUT2D eigenvalue weighted by molar-refractivity contribution is 7.99. The van der Waals surface area contributed by atoms with E-state index in [1.807, 2.05) is 13.0 Å². The van der Waals surface area contributed by atoms with Gasteiger partial charge in [-0.3, -0.25) is 9.36 Å². The molecular formula is C28H35N3OS. The first-order valence-corrected chi connectivity index (χ1v) is 12.9. The van der Waals surface area contributed by atoms with E-state index in [0.29, 0.717) is 11.8 Å². The van der Waals surface area contributed by atoms with Crippen LogP contribution in [-0.2, 0) is 5.41 Å². The molecule has 0 N–H and O–H groups in total. The van der Waals surface area contributed by atoms with Gasteiger partial charge in [-0.15, -0.1) is 10.2 Å². The van der Waals surface area contributed by atoms with Gasteiger partial charge in [-0.1, -0.05) is 75.7 Å². The van der Waals surface area contributed by atoms with E-state index in [0.717, 1.165) is 46.1 Å². The smallest absolute Gasteiger partial charge is 0.192 e. The minimum Gasteiger partial charge on any atom is -0.299 e. The molecule has 0 atom stereocenters. The van der Waals surface area contributed by atoms with Crippen molar-refractivity contribution in [3.05, 3.63) is 64.2 Å². The van der Waals surface area contributed by atoms with E-state index >= 15 is 0 Å². The van der Waals surface area contributed by atoms with Crippen molar-refractivity contribution in [3.63, 3.8) is 0 Å². The molecule has 0 aliphatic heterocycles. The normalized spacial score (nSPS) is 14.7. The molecule has 0 saturated heterocycles. The SMILES string of the molecule is Cc1cc(C)c(C(=O)CSc2nnc(-c3ccc(C(C)(C)C)cc3)n2C2CCCC2)cc1C. The fourth-order valence-corrected chi connectivity index (χ4v) is 5.54. The monoisotopic (exact) mass is 461 g/mol. The van der Waals surface area contributed by atoms with Crippen LogP contribution in [0.5, 0.6) is 0 Å². The molecule has 1 heterocycles. The summed E-state index contributed by atoms with van der Waals surface area (Å²) in [5, 5.41) is 10.0. The van der Waals surface area contributed by atoms with Crippen molar-refractivity contribution in [3.8, 4) is 11.4 Å². The number of carbonyl (C=O) groups is 1. The number of aryl methyl sites for hydroxylation is 3. The number of nitrogens with zero attached hydrogens (tertiary/aromatic N) is 3. The number of benzene rings is 2. The lowest BCUT2D eigenvalue weighted by Crippen LogP contribution is -2.12. The molecule has 1 aromatic heterocycles. The lowest BCUT2D eigenvalue weighted by molar-refractivity contribution is 0.102. The average molecular weight is 462 g/mol. The number of thioether (sulfide) groups is 1. The van der Waals surface area contributed by atoms with E-state index < -0.39 is 0 Å². The first-order chi connectivity index (χ1) is 15.6. The Morgan fingerprint density at radius 1 is 0.970 bits per heavy atom. The van der Waals surface area contributed by atoms with Crippen LogP contribution in [0.2, 0.25) is 0 Å². The highest BCUT2D eigenvalue weighted by atomic mass is 32.2. The quantitative estimate of drug-likeness (QED) is 0.286. The summed E-state index contributed by atoms with van der Waals surface area (Å²) >= 11 is 1.52. The van der Waals surface area contributed by atoms with E-state index in [2.05, 4.69) is 79.7 Å². The lowest BCUT2D eigenvalue weighted by atomic mass is 9.86. The van der Waals surface area contributed by atoms with Gasteiger partial charge in [0.15, 0.2) is 16.8 Å². The third-order valence-electron chi connectivity index (χ3n) is 6.84. The Kier molecular flexibility index (Phi) is 6.81. The van der Waals surface area contributed by atoms with Gasteiger partial charge in [0.05, 0.1) is 5.75 Å². The Balaban J connectivity index is 1.61. The number of Topliss-reactive ketones (excluding diaryl/α,β-unsaturated/α-hetero) is 1. The highest BCUT2D eigenvalue weighted by Crippen LogP contribution is 2.37. The second-order valence-corrected chi connectivity index (χ2v) is 11.3. The molecule has 0 radical (unpaired) electrons. The molecule has 1 saturated carbocycles. The lowest BCUT2D eigenvalue weighted by Gasteiger charge is -2.20. The summed E-state index contributed by atoms with van der Waals surface area (Å²) in [6.45, 7) is 12.9. The molecule has 174 valence electrons. The average Bonchev–Trinajstić information content (AvgIpc) is 3.43. The van der Waals surface area contributed by atoms with Crippen LogP contribution < -0.4 is 0 Å². The van der Waals surface area contributed by atoms with Crippen molar-refractivity contribution in [1.82, 2.24) is 14.8 Å². The number of rotatable bonds is 6. The topological polar surface area (TPSA) is 47.8 Å². The van der Waals surface area contributed by atoms with Gasteiger partial charge in [-0.05, 0) is 67.3 Å². The van der Waals surface area contributed by atoms with Crippen LogP contribution in [-0.4, -0.2) is 26.3 Å². The molecule has 1 fully saturated rings. The minimum atomic E-state index is 0.117. The molecule has 0 bridgehead atoms. The minimum absolute atomic E-state index is 0.117. The predicted octanol–water partition coefficient (Wildman–Crippen LogP) is 7.26. The van der Waals surface area contributed by atoms with Crippen molar-refractivity contribution in [1.29, 1.82) is 0 Å². The van der Waals surface area contributed by atoms with Gasteiger partial charge in [-0.2, -0.15) is 0 Å². The maximum Gasteiger partial charge on any atom is 0.192 e. The third-order valence-corrected chi connectivity index (χ3v) is 7.78. The molecule has 1 aliphatic carbocycles. The van der Waals surface area contributed by atoms with Gasteiger partial charge in [0.1, 0.15) is 0 Å². The van der Waals surface area contributed by atoms with Crippen LogP contribution in [0, 0.1) is 20.8 Å². The second-order valence-electron chi connectivity index (χ2n) is 10.4. The predicted molar refractivity (Wildman–Crippen MR) is 137 cm³/mol. The second kappa shape index (κ2) is 9.46. The standard InChI is InChI=1S/C28H35N3OS/c1-18-15-20(3)24(16-19(18)2)25(32)17-33-27-30-29-26(31(27)23-9-7-8-10-23)21-11-13-22(14-12-21)28(4,5)6/h11-16,23H,7-10,17H2,1-6H3. The largest absolute Gasteiger partial charge is 0.299 e. The van der Waals surface area contributed by atoms with Gasteiger partial charge in [0, 0.05) is 17.2 Å². The molecule has 4 nitrogen and oxygen atoms in total. The molecule has 0 spiro atoms. The van der Waals surface area contributed by atoms with Crippen molar-refractivity contribution in [2.45, 2.75) is 83.8 Å². The molecule has 2 aromatic carbocycles. The maximum absolute atomic E-state index is 13.1. The highest BCUT2D eigenvalue weighted by Gasteiger charge is 2.26. The molecular weight excluding hydrogens is 426 g/mol. The molecule has 0 amide bonds. The van der Waals surface area contributed by atoms with E-state index in [4.69, 9.17) is 0 Å². The van der Waals surface area contributed by atoms with E-state index in [1.165, 1.54) is 35.7 Å². The number of ketones is 1. The summed E-state index contributed by atoms with van der Waals surface area (Å²) in [5.41, 5.74) is 6.75. The fourth-order valence-electron chi connectivity index (χ4n) is 4.65. The van der Waals surface area contributed by atoms with E-state index in [-0.39, 0.29) is 11.2 Å². The third kappa shape index (κ3) is 5.08. The fraction of sp³-hybridized carbons (Fsp3) is 0.464. The Morgan fingerprint density at radius 3 is 2.24 bits per heavy atom. The first-order valence-electron chi connectivity index (χ1n) is 11.9. The Morgan fingerprint density at radius 2 is 1.61 bits per heavy atom. The van der Waals surface area contributed by atoms with Crippen molar-refractivity contribution < 1.29 is 4.79 Å². The van der Waals surface area contributed by atoms with Gasteiger partial charge < -0.3 is 0 Å². The van der Waals surface area contributed by atoms with Crippen LogP contribution in [0.1, 0.15) is 85.1 Å². The molecule has 1 aliphatic rings. The first kappa shape index (κ1) is 23.7. The number of hydrogen-bond acceptors (Lipinski definition) is 4. The van der Waals surface area contributed by atoms with Gasteiger partial charge in [0.2, 0.25) is 0 Å². The summed E-state index contributed by atoms with van der Waals surface area (Å²) in [5.74, 6) is 1.44. The molecule has 0 unspecified atom stereocenters. The molecule has 3 aromatic rings. The van der Waals surface area contributed by atoms with E-state index in [1.54, 1.807) is 0 Å². The summed E-state index contributed by atoms with van der Waals surface area (Å²) in [4.78, 5) is 13.1. The summed E-state index contributed by atoms with van der Waals surface area (Å²) in [7, 11) is 0. The van der Waals surface area contributed by atoms with Crippen LogP contribution in [0.15, 0.2) is 41.6 Å². The van der Waals surface area contributed by atoms with Crippen molar-refractivity contribution in [2.75, 3.05) is 5.75 Å². The van der Waals surface area contributed by atoms with Gasteiger partial charge in [-0.25, -0.2) is 0 Å². The zero-order valence-corrected chi connectivity index (χ0v) is 21.6. The molecule has 5 heteroatoms. The Hall–Kier alpha value is -2.40. The Bertz CT molecular complexity index is 1150. The Labute approximate surface area is 202 Å². The van der Waals surface area contributed by atoms with Crippen LogP contribution in [0.25, 0.3) is 11.4 Å². The zero-order chi connectivity index (χ0) is 23.8. The summed E-state index contributed by atoms with van der Waals surface area (Å²) in [6, 6.07) is 13.2. The number of aromatic nitrogens is 3. The maximum atomic E-state index is 13.1. The van der Waals surface area contributed by atoms with Gasteiger partial charge in [0.25, 0.3) is 0 Å². The van der Waals surface area contributed by atoms with E-state index in [9.17, 15) is 4.79 Å². The summed E-state index contributed by atoms with van der Waals surface area (Å²) in [6.07, 6.45) is 4.75. The van der Waals surface area contributed by atoms with Crippen molar-refractivity contribution >= 4 is 17.5 Å². The summed E-state index contributed by atoms with van der Waals surface area (Å²) < 4.78 is 2.30. The van der Waals surface area contributed by atoms with Crippen molar-refractivity contribution in [2.24, 2.45) is 0 Å². The zero-order valence-electron chi connectivity index (χ0n) is 20.7. The molecule has 4 rings (SSSR count). The number of carbonyl (C=O) groups excluding carboxylic acids is 1.